The van der Waals surface area contributed by atoms with Gasteiger partial charge in [-0.05, 0) is 55.5 Å². The smallest absolute Gasteiger partial charge is 0.218 e. The fourth-order valence-electron chi connectivity index (χ4n) is 3.34. The van der Waals surface area contributed by atoms with Gasteiger partial charge >= 0.3 is 0 Å². The van der Waals surface area contributed by atoms with Gasteiger partial charge in [0.2, 0.25) is 5.88 Å². The maximum atomic E-state index is 10.6. The van der Waals surface area contributed by atoms with Crippen molar-refractivity contribution in [3.05, 3.63) is 65.1 Å². The van der Waals surface area contributed by atoms with Crippen molar-refractivity contribution in [3.8, 4) is 17.3 Å². The van der Waals surface area contributed by atoms with E-state index in [1.165, 1.54) is 5.69 Å². The summed E-state index contributed by atoms with van der Waals surface area (Å²) in [6.45, 7) is 5.21. The van der Waals surface area contributed by atoms with Gasteiger partial charge in [-0.25, -0.2) is 0 Å². The van der Waals surface area contributed by atoms with Crippen LogP contribution >= 0.6 is 12.2 Å². The molecule has 0 amide bonds. The molecule has 1 saturated heterocycles. The Hall–Kier alpha value is -2.57. The summed E-state index contributed by atoms with van der Waals surface area (Å²) < 4.78 is 9.56. The third-order valence-corrected chi connectivity index (χ3v) is 5.12. The maximum absolute atomic E-state index is 10.6. The van der Waals surface area contributed by atoms with Crippen LogP contribution in [0.15, 0.2) is 54.6 Å². The average Bonchev–Trinajstić information content (AvgIpc) is 2.92. The molecule has 0 aliphatic carbocycles. The largest absolute Gasteiger partial charge is 0.493 e. The lowest BCUT2D eigenvalue weighted by molar-refractivity contribution is 0.122. The molecule has 2 heterocycles. The van der Waals surface area contributed by atoms with E-state index >= 15 is 0 Å². The zero-order valence-corrected chi connectivity index (χ0v) is 15.4. The van der Waals surface area contributed by atoms with Crippen molar-refractivity contribution in [2.75, 3.05) is 31.2 Å². The highest BCUT2D eigenvalue weighted by Gasteiger charge is 2.17. The van der Waals surface area contributed by atoms with E-state index in [1.807, 2.05) is 54.0 Å². The van der Waals surface area contributed by atoms with Crippen LogP contribution in [-0.4, -0.2) is 40.5 Å². The van der Waals surface area contributed by atoms with Crippen LogP contribution in [0.5, 0.6) is 5.88 Å². The number of hydrogen-bond acceptors (Lipinski definition) is 4. The van der Waals surface area contributed by atoms with Crippen molar-refractivity contribution in [2.24, 2.45) is 0 Å². The molecule has 2 aromatic carbocycles. The normalized spacial score (nSPS) is 14.6. The van der Waals surface area contributed by atoms with Crippen molar-refractivity contribution in [1.82, 2.24) is 9.13 Å². The number of nitrogens with zero attached hydrogens (tertiary/aromatic N) is 3. The van der Waals surface area contributed by atoms with E-state index in [0.29, 0.717) is 4.77 Å². The van der Waals surface area contributed by atoms with Crippen molar-refractivity contribution in [3.63, 3.8) is 0 Å². The number of aromatic nitrogens is 2. The summed E-state index contributed by atoms with van der Waals surface area (Å²) in [4.78, 5) is 2.31. The minimum absolute atomic E-state index is 0.165. The van der Waals surface area contributed by atoms with Gasteiger partial charge in [-0.3, -0.25) is 9.13 Å². The van der Waals surface area contributed by atoms with Gasteiger partial charge in [0.1, 0.15) is 0 Å². The molecule has 3 aromatic rings. The standard InChI is InChI=1S/C20H21N3O2S/c1-15-19(24)23(17-5-3-2-4-6-17)20(26)22(15)18-9-7-16(8-10-18)21-11-13-25-14-12-21/h2-10,24H,11-14H2,1H3. The first-order chi connectivity index (χ1) is 12.7. The van der Waals surface area contributed by atoms with Gasteiger partial charge in [0.05, 0.1) is 24.6 Å². The zero-order valence-electron chi connectivity index (χ0n) is 14.6. The first-order valence-electron chi connectivity index (χ1n) is 8.68. The Morgan fingerprint density at radius 2 is 1.42 bits per heavy atom. The molecule has 6 heteroatoms. The van der Waals surface area contributed by atoms with E-state index in [9.17, 15) is 5.11 Å². The minimum Gasteiger partial charge on any atom is -0.493 e. The third kappa shape index (κ3) is 2.91. The van der Waals surface area contributed by atoms with E-state index in [4.69, 9.17) is 17.0 Å². The minimum atomic E-state index is 0.165. The van der Waals surface area contributed by atoms with Crippen molar-refractivity contribution in [1.29, 1.82) is 0 Å². The van der Waals surface area contributed by atoms with E-state index in [0.717, 1.165) is 43.4 Å². The number of para-hydroxylation sites is 1. The molecule has 4 rings (SSSR count). The van der Waals surface area contributed by atoms with Crippen molar-refractivity contribution < 1.29 is 9.84 Å². The molecule has 0 bridgehead atoms. The second-order valence-electron chi connectivity index (χ2n) is 6.31. The zero-order chi connectivity index (χ0) is 18.1. The van der Waals surface area contributed by atoms with E-state index in [-0.39, 0.29) is 5.88 Å². The lowest BCUT2D eigenvalue weighted by atomic mass is 10.2. The molecule has 0 saturated carbocycles. The first kappa shape index (κ1) is 16.9. The summed E-state index contributed by atoms with van der Waals surface area (Å²) in [5.41, 5.74) is 3.68. The van der Waals surface area contributed by atoms with Crippen LogP contribution < -0.4 is 4.90 Å². The van der Waals surface area contributed by atoms with E-state index in [1.54, 1.807) is 4.57 Å². The molecular weight excluding hydrogens is 346 g/mol. The van der Waals surface area contributed by atoms with Gasteiger partial charge in [0, 0.05) is 24.5 Å². The van der Waals surface area contributed by atoms with Crippen LogP contribution in [0.25, 0.3) is 11.4 Å². The maximum Gasteiger partial charge on any atom is 0.218 e. The molecule has 1 aliphatic rings. The molecule has 1 fully saturated rings. The Balaban J connectivity index is 1.73. The molecule has 5 nitrogen and oxygen atoms in total. The van der Waals surface area contributed by atoms with E-state index < -0.39 is 0 Å². The SMILES string of the molecule is Cc1c(O)n(-c2ccccc2)c(=S)n1-c1ccc(N2CCOCC2)cc1. The summed E-state index contributed by atoms with van der Waals surface area (Å²) in [5, 5.41) is 10.6. The molecule has 26 heavy (non-hydrogen) atoms. The van der Waals surface area contributed by atoms with Crippen LogP contribution in [0.3, 0.4) is 0 Å². The van der Waals surface area contributed by atoms with Gasteiger partial charge < -0.3 is 14.7 Å². The summed E-state index contributed by atoms with van der Waals surface area (Å²) in [7, 11) is 0. The molecule has 0 atom stereocenters. The Bertz CT molecular complexity index is 955. The fourth-order valence-corrected chi connectivity index (χ4v) is 3.78. The molecule has 0 spiro atoms. The number of ether oxygens (including phenoxy) is 1. The summed E-state index contributed by atoms with van der Waals surface area (Å²) in [6.07, 6.45) is 0. The quantitative estimate of drug-likeness (QED) is 0.714. The van der Waals surface area contributed by atoms with Gasteiger partial charge in [0.25, 0.3) is 0 Å². The number of rotatable bonds is 3. The lowest BCUT2D eigenvalue weighted by Crippen LogP contribution is -2.36. The predicted molar refractivity (Wildman–Crippen MR) is 105 cm³/mol. The molecule has 0 radical (unpaired) electrons. The molecule has 0 unspecified atom stereocenters. The number of anilines is 1. The second kappa shape index (κ2) is 6.97. The lowest BCUT2D eigenvalue weighted by Gasteiger charge is -2.29. The third-order valence-electron chi connectivity index (χ3n) is 4.75. The van der Waals surface area contributed by atoms with Gasteiger partial charge in [-0.15, -0.1) is 0 Å². The first-order valence-corrected chi connectivity index (χ1v) is 9.09. The molecular formula is C20H21N3O2S. The average molecular weight is 367 g/mol. The van der Waals surface area contributed by atoms with Gasteiger partial charge in [-0.1, -0.05) is 18.2 Å². The molecule has 1 aliphatic heterocycles. The van der Waals surface area contributed by atoms with Gasteiger partial charge in [0.15, 0.2) is 4.77 Å². The highest BCUT2D eigenvalue weighted by Crippen LogP contribution is 2.28. The van der Waals surface area contributed by atoms with E-state index in [2.05, 4.69) is 17.0 Å². The van der Waals surface area contributed by atoms with Crippen molar-refractivity contribution in [2.45, 2.75) is 6.92 Å². The highest BCUT2D eigenvalue weighted by molar-refractivity contribution is 7.71. The molecule has 1 aromatic heterocycles. The van der Waals surface area contributed by atoms with Crippen LogP contribution in [0.4, 0.5) is 5.69 Å². The second-order valence-corrected chi connectivity index (χ2v) is 6.68. The predicted octanol–water partition coefficient (Wildman–Crippen LogP) is 3.85. The summed E-state index contributed by atoms with van der Waals surface area (Å²) in [6, 6.07) is 17.9. The topological polar surface area (TPSA) is 42.6 Å². The molecule has 1 N–H and O–H groups in total. The van der Waals surface area contributed by atoms with Crippen molar-refractivity contribution >= 4 is 17.9 Å². The number of morpholine rings is 1. The highest BCUT2D eigenvalue weighted by atomic mass is 32.1. The number of aromatic hydroxyl groups is 1. The number of hydrogen-bond donors (Lipinski definition) is 1. The van der Waals surface area contributed by atoms with Crippen LogP contribution in [0.1, 0.15) is 5.69 Å². The van der Waals surface area contributed by atoms with Crippen LogP contribution in [0.2, 0.25) is 0 Å². The van der Waals surface area contributed by atoms with Crippen LogP contribution in [0, 0.1) is 11.7 Å². The van der Waals surface area contributed by atoms with Crippen LogP contribution in [-0.2, 0) is 4.74 Å². The molecule has 134 valence electrons. The Labute approximate surface area is 157 Å². The Morgan fingerprint density at radius 3 is 2.08 bits per heavy atom. The Morgan fingerprint density at radius 1 is 0.846 bits per heavy atom. The van der Waals surface area contributed by atoms with Gasteiger partial charge in [-0.2, -0.15) is 0 Å². The number of benzene rings is 2. The Kier molecular flexibility index (Phi) is 4.53. The summed E-state index contributed by atoms with van der Waals surface area (Å²) >= 11 is 5.66. The summed E-state index contributed by atoms with van der Waals surface area (Å²) in [5.74, 6) is 0.165. The monoisotopic (exact) mass is 367 g/mol. The fraction of sp³-hybridized carbons (Fsp3) is 0.250. The number of imidazole rings is 1.